The lowest BCUT2D eigenvalue weighted by Crippen LogP contribution is -2.17. The van der Waals surface area contributed by atoms with Gasteiger partial charge in [-0.2, -0.15) is 0 Å². The number of benzene rings is 1. The fourth-order valence-corrected chi connectivity index (χ4v) is 2.83. The Hall–Kier alpha value is -0.240. The molecular weight excluding hydrogens is 241 g/mol. The van der Waals surface area contributed by atoms with Crippen LogP contribution in [0.2, 0.25) is 10.0 Å². The van der Waals surface area contributed by atoms with Crippen LogP contribution in [0.4, 0.5) is 0 Å². The predicted octanol–water partition coefficient (Wildman–Crippen LogP) is 4.10. The van der Waals surface area contributed by atoms with Crippen molar-refractivity contribution in [1.29, 1.82) is 0 Å². The van der Waals surface area contributed by atoms with Gasteiger partial charge in [0.25, 0.3) is 0 Å². The Morgan fingerprint density at radius 2 is 2.00 bits per heavy atom. The van der Waals surface area contributed by atoms with E-state index in [-0.39, 0.29) is 0 Å². The third-order valence-electron chi connectivity index (χ3n) is 3.13. The quantitative estimate of drug-likeness (QED) is 0.784. The second-order valence-electron chi connectivity index (χ2n) is 4.44. The van der Waals surface area contributed by atoms with Gasteiger partial charge in [0.2, 0.25) is 0 Å². The van der Waals surface area contributed by atoms with Gasteiger partial charge < -0.3 is 5.32 Å². The van der Waals surface area contributed by atoms with Crippen LogP contribution in [0.3, 0.4) is 0 Å². The first-order valence-corrected chi connectivity index (χ1v) is 6.64. The Morgan fingerprint density at radius 3 is 2.62 bits per heavy atom. The highest BCUT2D eigenvalue weighted by atomic mass is 35.5. The maximum absolute atomic E-state index is 6.19. The molecule has 0 saturated heterocycles. The molecule has 1 aliphatic rings. The van der Waals surface area contributed by atoms with Crippen LogP contribution in [0.15, 0.2) is 18.2 Å². The summed E-state index contributed by atoms with van der Waals surface area (Å²) in [6.07, 6.45) is 2.39. The molecule has 0 bridgehead atoms. The van der Waals surface area contributed by atoms with Crippen LogP contribution < -0.4 is 5.32 Å². The molecule has 2 rings (SSSR count). The molecule has 0 amide bonds. The summed E-state index contributed by atoms with van der Waals surface area (Å²) in [6.45, 7) is 4.36. The van der Waals surface area contributed by atoms with Crippen molar-refractivity contribution in [3.05, 3.63) is 33.8 Å². The van der Waals surface area contributed by atoms with E-state index in [2.05, 4.69) is 12.2 Å². The highest BCUT2D eigenvalue weighted by molar-refractivity contribution is 6.36. The summed E-state index contributed by atoms with van der Waals surface area (Å²) in [5.74, 6) is 1.27. The van der Waals surface area contributed by atoms with E-state index in [1.54, 1.807) is 0 Å². The number of hydrogen-bond donors (Lipinski definition) is 1. The van der Waals surface area contributed by atoms with Gasteiger partial charge in [0.05, 0.1) is 0 Å². The minimum atomic E-state index is 0.561. The molecule has 3 heteroatoms. The molecule has 88 valence electrons. The molecule has 1 fully saturated rings. The van der Waals surface area contributed by atoms with Crippen LogP contribution in [-0.4, -0.2) is 13.1 Å². The SMILES string of the molecule is CCCNCC1CC1c1c(Cl)cccc1Cl. The van der Waals surface area contributed by atoms with Gasteiger partial charge in [-0.25, -0.2) is 0 Å². The average Bonchev–Trinajstić information content (AvgIpc) is 2.98. The lowest BCUT2D eigenvalue weighted by atomic mass is 10.1. The summed E-state index contributed by atoms with van der Waals surface area (Å²) >= 11 is 12.4. The second-order valence-corrected chi connectivity index (χ2v) is 5.26. The van der Waals surface area contributed by atoms with Crippen LogP contribution in [0.1, 0.15) is 31.2 Å². The zero-order chi connectivity index (χ0) is 11.5. The van der Waals surface area contributed by atoms with Gasteiger partial charge in [-0.05, 0) is 55.5 Å². The smallest absolute Gasteiger partial charge is 0.0455 e. The molecule has 0 aromatic heterocycles. The molecule has 2 atom stereocenters. The Balaban J connectivity index is 1.95. The Morgan fingerprint density at radius 1 is 1.31 bits per heavy atom. The van der Waals surface area contributed by atoms with E-state index in [1.807, 2.05) is 18.2 Å². The first-order chi connectivity index (χ1) is 7.74. The third kappa shape index (κ3) is 2.71. The lowest BCUT2D eigenvalue weighted by molar-refractivity contribution is 0.620. The fraction of sp³-hybridized carbons (Fsp3) is 0.538. The maximum Gasteiger partial charge on any atom is 0.0455 e. The summed E-state index contributed by atoms with van der Waals surface area (Å²) in [4.78, 5) is 0. The summed E-state index contributed by atoms with van der Waals surface area (Å²) in [6, 6.07) is 5.76. The number of rotatable bonds is 5. The third-order valence-corrected chi connectivity index (χ3v) is 3.79. The van der Waals surface area contributed by atoms with Gasteiger partial charge in [0, 0.05) is 10.0 Å². The summed E-state index contributed by atoms with van der Waals surface area (Å²) < 4.78 is 0. The topological polar surface area (TPSA) is 12.0 Å². The monoisotopic (exact) mass is 257 g/mol. The molecule has 1 aromatic carbocycles. The summed E-state index contributed by atoms with van der Waals surface area (Å²) in [7, 11) is 0. The molecule has 1 aromatic rings. The van der Waals surface area contributed by atoms with Crippen molar-refractivity contribution < 1.29 is 0 Å². The standard InChI is InChI=1S/C13H17Cl2N/c1-2-6-16-8-9-7-10(9)13-11(14)4-3-5-12(13)15/h3-5,9-10,16H,2,6-8H2,1H3. The molecule has 0 heterocycles. The molecule has 1 N–H and O–H groups in total. The summed E-state index contributed by atoms with van der Waals surface area (Å²) in [5.41, 5.74) is 1.15. The van der Waals surface area contributed by atoms with E-state index in [0.29, 0.717) is 11.8 Å². The molecule has 1 nitrogen and oxygen atoms in total. The zero-order valence-corrected chi connectivity index (χ0v) is 11.0. The van der Waals surface area contributed by atoms with Crippen LogP contribution in [0, 0.1) is 5.92 Å². The second kappa shape index (κ2) is 5.39. The van der Waals surface area contributed by atoms with Gasteiger partial charge in [-0.3, -0.25) is 0 Å². The molecular formula is C13H17Cl2N. The zero-order valence-electron chi connectivity index (χ0n) is 9.47. The molecule has 0 aliphatic heterocycles. The van der Waals surface area contributed by atoms with Crippen molar-refractivity contribution >= 4 is 23.2 Å². The van der Waals surface area contributed by atoms with Gasteiger partial charge in [0.1, 0.15) is 0 Å². The first-order valence-electron chi connectivity index (χ1n) is 5.88. The lowest BCUT2D eigenvalue weighted by Gasteiger charge is -2.06. The van der Waals surface area contributed by atoms with Crippen LogP contribution >= 0.6 is 23.2 Å². The minimum absolute atomic E-state index is 0.561. The Labute approximate surface area is 107 Å². The van der Waals surface area contributed by atoms with Crippen molar-refractivity contribution in [2.45, 2.75) is 25.7 Å². The van der Waals surface area contributed by atoms with Crippen molar-refractivity contribution in [3.8, 4) is 0 Å². The van der Waals surface area contributed by atoms with E-state index < -0.39 is 0 Å². The van der Waals surface area contributed by atoms with Gasteiger partial charge in [-0.1, -0.05) is 36.2 Å². The molecule has 16 heavy (non-hydrogen) atoms. The molecule has 0 spiro atoms. The molecule has 0 radical (unpaired) electrons. The van der Waals surface area contributed by atoms with E-state index in [9.17, 15) is 0 Å². The predicted molar refractivity (Wildman–Crippen MR) is 70.5 cm³/mol. The van der Waals surface area contributed by atoms with Gasteiger partial charge >= 0.3 is 0 Å². The van der Waals surface area contributed by atoms with E-state index in [1.165, 1.54) is 12.8 Å². The molecule has 1 saturated carbocycles. The van der Waals surface area contributed by atoms with E-state index >= 15 is 0 Å². The summed E-state index contributed by atoms with van der Waals surface area (Å²) in [5, 5.41) is 5.08. The molecule has 2 unspecified atom stereocenters. The number of halogens is 2. The largest absolute Gasteiger partial charge is 0.316 e. The Bertz CT molecular complexity index is 345. The van der Waals surface area contributed by atoms with Gasteiger partial charge in [0.15, 0.2) is 0 Å². The first kappa shape index (κ1) is 12.2. The van der Waals surface area contributed by atoms with Crippen molar-refractivity contribution in [2.75, 3.05) is 13.1 Å². The fourth-order valence-electron chi connectivity index (χ4n) is 2.16. The Kier molecular flexibility index (Phi) is 4.12. The van der Waals surface area contributed by atoms with Crippen molar-refractivity contribution in [3.63, 3.8) is 0 Å². The van der Waals surface area contributed by atoms with Crippen LogP contribution in [0.5, 0.6) is 0 Å². The van der Waals surface area contributed by atoms with E-state index in [4.69, 9.17) is 23.2 Å². The minimum Gasteiger partial charge on any atom is -0.316 e. The van der Waals surface area contributed by atoms with Crippen molar-refractivity contribution in [1.82, 2.24) is 5.32 Å². The number of hydrogen-bond acceptors (Lipinski definition) is 1. The van der Waals surface area contributed by atoms with Crippen molar-refractivity contribution in [2.24, 2.45) is 5.92 Å². The van der Waals surface area contributed by atoms with Crippen LogP contribution in [0.25, 0.3) is 0 Å². The number of nitrogens with one attached hydrogen (secondary N) is 1. The highest BCUT2D eigenvalue weighted by Gasteiger charge is 2.39. The van der Waals surface area contributed by atoms with Crippen LogP contribution in [-0.2, 0) is 0 Å². The molecule has 1 aliphatic carbocycles. The average molecular weight is 258 g/mol. The maximum atomic E-state index is 6.19. The highest BCUT2D eigenvalue weighted by Crippen LogP contribution is 2.51. The normalized spacial score (nSPS) is 23.4. The van der Waals surface area contributed by atoms with Gasteiger partial charge in [-0.15, -0.1) is 0 Å². The van der Waals surface area contributed by atoms with E-state index in [0.717, 1.165) is 28.7 Å².